The van der Waals surface area contributed by atoms with E-state index in [0.717, 1.165) is 4.90 Å². The molecule has 1 aromatic carbocycles. The SMILES string of the molecule is CC(C)(C)N1CC(=O)N(c2ccc(Cl)c(Cl)c2)C1=O. The summed E-state index contributed by atoms with van der Waals surface area (Å²) in [5.74, 6) is -0.265. The van der Waals surface area contributed by atoms with Gasteiger partial charge in [0.25, 0.3) is 5.91 Å². The molecule has 6 heteroatoms. The number of anilines is 1. The zero-order valence-corrected chi connectivity index (χ0v) is 12.4. The van der Waals surface area contributed by atoms with Gasteiger partial charge in [-0.25, -0.2) is 9.69 Å². The standard InChI is InChI=1S/C13H14Cl2N2O2/c1-13(2,3)16-7-11(18)17(12(16)19)8-4-5-9(14)10(15)6-8/h4-6H,7H2,1-3H3. The van der Waals surface area contributed by atoms with Crippen LogP contribution in [0.4, 0.5) is 10.5 Å². The number of hydrogen-bond donors (Lipinski definition) is 0. The molecule has 1 fully saturated rings. The molecule has 0 unspecified atom stereocenters. The van der Waals surface area contributed by atoms with Crippen molar-refractivity contribution >= 4 is 40.8 Å². The first-order chi connectivity index (χ1) is 8.71. The van der Waals surface area contributed by atoms with Gasteiger partial charge in [-0.05, 0) is 39.0 Å². The zero-order chi connectivity index (χ0) is 14.4. The van der Waals surface area contributed by atoms with Crippen LogP contribution >= 0.6 is 23.2 Å². The van der Waals surface area contributed by atoms with E-state index in [9.17, 15) is 9.59 Å². The minimum atomic E-state index is -0.405. The smallest absolute Gasteiger partial charge is 0.310 e. The molecule has 0 N–H and O–H groups in total. The van der Waals surface area contributed by atoms with Crippen LogP contribution < -0.4 is 4.90 Å². The highest BCUT2D eigenvalue weighted by molar-refractivity contribution is 6.42. The first kappa shape index (κ1) is 14.2. The predicted molar refractivity (Wildman–Crippen MR) is 75.8 cm³/mol. The monoisotopic (exact) mass is 300 g/mol. The van der Waals surface area contributed by atoms with Crippen molar-refractivity contribution in [2.75, 3.05) is 11.4 Å². The molecule has 1 aliphatic rings. The Morgan fingerprint density at radius 3 is 2.21 bits per heavy atom. The Labute approximate surface area is 121 Å². The van der Waals surface area contributed by atoms with Gasteiger partial charge in [0, 0.05) is 5.54 Å². The lowest BCUT2D eigenvalue weighted by Crippen LogP contribution is -2.44. The largest absolute Gasteiger partial charge is 0.332 e. The van der Waals surface area contributed by atoms with Crippen molar-refractivity contribution in [1.29, 1.82) is 0 Å². The second-order valence-corrected chi connectivity index (χ2v) is 6.18. The number of halogens is 2. The average Bonchev–Trinajstić information content (AvgIpc) is 2.58. The summed E-state index contributed by atoms with van der Waals surface area (Å²) in [6, 6.07) is 4.36. The van der Waals surface area contributed by atoms with Gasteiger partial charge in [-0.2, -0.15) is 0 Å². The van der Waals surface area contributed by atoms with Crippen LogP contribution in [-0.4, -0.2) is 28.9 Å². The number of amides is 3. The zero-order valence-electron chi connectivity index (χ0n) is 10.9. The van der Waals surface area contributed by atoms with Crippen LogP contribution in [0.5, 0.6) is 0 Å². The molecule has 1 aromatic rings. The van der Waals surface area contributed by atoms with E-state index in [1.54, 1.807) is 12.1 Å². The number of carbonyl (C=O) groups excluding carboxylic acids is 2. The molecule has 19 heavy (non-hydrogen) atoms. The van der Waals surface area contributed by atoms with Crippen molar-refractivity contribution in [2.45, 2.75) is 26.3 Å². The highest BCUT2D eigenvalue weighted by atomic mass is 35.5. The van der Waals surface area contributed by atoms with Crippen LogP contribution in [-0.2, 0) is 4.79 Å². The number of imide groups is 1. The summed E-state index contributed by atoms with van der Waals surface area (Å²) < 4.78 is 0. The Balaban J connectivity index is 2.38. The predicted octanol–water partition coefficient (Wildman–Crippen LogP) is 3.56. The van der Waals surface area contributed by atoms with Crippen LogP contribution in [0.1, 0.15) is 20.8 Å². The van der Waals surface area contributed by atoms with Crippen molar-refractivity contribution < 1.29 is 9.59 Å². The molecular weight excluding hydrogens is 287 g/mol. The maximum absolute atomic E-state index is 12.3. The highest BCUT2D eigenvalue weighted by Gasteiger charge is 2.42. The molecule has 2 rings (SSSR count). The summed E-state index contributed by atoms with van der Waals surface area (Å²) in [7, 11) is 0. The van der Waals surface area contributed by atoms with E-state index >= 15 is 0 Å². The first-order valence-corrected chi connectivity index (χ1v) is 6.57. The fraction of sp³-hybridized carbons (Fsp3) is 0.385. The van der Waals surface area contributed by atoms with E-state index in [1.807, 2.05) is 20.8 Å². The number of benzene rings is 1. The molecule has 4 nitrogen and oxygen atoms in total. The number of urea groups is 1. The third-order valence-electron chi connectivity index (χ3n) is 2.94. The fourth-order valence-electron chi connectivity index (χ4n) is 1.90. The van der Waals surface area contributed by atoms with E-state index in [2.05, 4.69) is 0 Å². The third-order valence-corrected chi connectivity index (χ3v) is 3.68. The summed E-state index contributed by atoms with van der Waals surface area (Å²) in [6.07, 6.45) is 0. The van der Waals surface area contributed by atoms with E-state index in [0.29, 0.717) is 15.7 Å². The van der Waals surface area contributed by atoms with E-state index in [-0.39, 0.29) is 18.5 Å². The second-order valence-electron chi connectivity index (χ2n) is 5.37. The molecule has 0 bridgehead atoms. The lowest BCUT2D eigenvalue weighted by Gasteiger charge is -2.30. The molecule has 1 aliphatic heterocycles. The maximum atomic E-state index is 12.3. The summed E-state index contributed by atoms with van der Waals surface area (Å²) in [6.45, 7) is 5.73. The quantitative estimate of drug-likeness (QED) is 0.744. The Bertz CT molecular complexity index is 552. The molecule has 0 radical (unpaired) electrons. The second kappa shape index (κ2) is 4.69. The van der Waals surface area contributed by atoms with Crippen LogP contribution in [0, 0.1) is 0 Å². The lowest BCUT2D eigenvalue weighted by molar-refractivity contribution is -0.117. The van der Waals surface area contributed by atoms with Gasteiger partial charge < -0.3 is 4.90 Å². The highest BCUT2D eigenvalue weighted by Crippen LogP contribution is 2.31. The summed E-state index contributed by atoms with van der Waals surface area (Å²) in [5.41, 5.74) is 0.0358. The van der Waals surface area contributed by atoms with Crippen LogP contribution in [0.2, 0.25) is 10.0 Å². The van der Waals surface area contributed by atoms with Gasteiger partial charge in [-0.15, -0.1) is 0 Å². The molecule has 1 saturated heterocycles. The topological polar surface area (TPSA) is 40.6 Å². The normalized spacial score (nSPS) is 16.5. The molecule has 0 aliphatic carbocycles. The van der Waals surface area contributed by atoms with E-state index in [4.69, 9.17) is 23.2 Å². The van der Waals surface area contributed by atoms with Crippen molar-refractivity contribution in [2.24, 2.45) is 0 Å². The van der Waals surface area contributed by atoms with Gasteiger partial charge in [-0.3, -0.25) is 4.79 Å². The summed E-state index contributed by atoms with van der Waals surface area (Å²) in [4.78, 5) is 27.0. The minimum absolute atomic E-state index is 0.0720. The van der Waals surface area contributed by atoms with E-state index in [1.165, 1.54) is 11.0 Å². The van der Waals surface area contributed by atoms with Crippen molar-refractivity contribution in [3.05, 3.63) is 28.2 Å². The molecule has 0 spiro atoms. The molecular formula is C13H14Cl2N2O2. The lowest BCUT2D eigenvalue weighted by atomic mass is 10.1. The maximum Gasteiger partial charge on any atom is 0.332 e. The first-order valence-electron chi connectivity index (χ1n) is 5.81. The number of carbonyl (C=O) groups is 2. The van der Waals surface area contributed by atoms with Gasteiger partial charge in [0.05, 0.1) is 15.7 Å². The molecule has 0 aromatic heterocycles. The third kappa shape index (κ3) is 2.55. The Morgan fingerprint density at radius 2 is 1.74 bits per heavy atom. The van der Waals surface area contributed by atoms with Crippen molar-refractivity contribution in [1.82, 2.24) is 4.90 Å². The average molecular weight is 301 g/mol. The number of rotatable bonds is 1. The number of hydrogen-bond acceptors (Lipinski definition) is 2. The Hall–Kier alpha value is -1.26. The van der Waals surface area contributed by atoms with Crippen LogP contribution in [0.15, 0.2) is 18.2 Å². The Kier molecular flexibility index (Phi) is 3.49. The fourth-order valence-corrected chi connectivity index (χ4v) is 2.20. The van der Waals surface area contributed by atoms with Gasteiger partial charge in [0.2, 0.25) is 0 Å². The van der Waals surface area contributed by atoms with Crippen LogP contribution in [0.3, 0.4) is 0 Å². The molecule has 0 saturated carbocycles. The Morgan fingerprint density at radius 1 is 1.11 bits per heavy atom. The van der Waals surface area contributed by atoms with Gasteiger partial charge in [-0.1, -0.05) is 23.2 Å². The van der Waals surface area contributed by atoms with Crippen molar-refractivity contribution in [3.63, 3.8) is 0 Å². The van der Waals surface area contributed by atoms with Crippen LogP contribution in [0.25, 0.3) is 0 Å². The molecule has 0 atom stereocenters. The summed E-state index contributed by atoms with van der Waals surface area (Å²) >= 11 is 11.7. The van der Waals surface area contributed by atoms with Gasteiger partial charge >= 0.3 is 6.03 Å². The van der Waals surface area contributed by atoms with E-state index < -0.39 is 5.54 Å². The summed E-state index contributed by atoms with van der Waals surface area (Å²) in [5, 5.41) is 0.700. The molecule has 102 valence electrons. The molecule has 1 heterocycles. The van der Waals surface area contributed by atoms with Gasteiger partial charge in [0.1, 0.15) is 6.54 Å². The number of nitrogens with zero attached hydrogens (tertiary/aromatic N) is 2. The molecule has 3 amide bonds. The van der Waals surface area contributed by atoms with Gasteiger partial charge in [0.15, 0.2) is 0 Å². The van der Waals surface area contributed by atoms with Crippen molar-refractivity contribution in [3.8, 4) is 0 Å². The minimum Gasteiger partial charge on any atom is -0.310 e.